The van der Waals surface area contributed by atoms with Crippen molar-refractivity contribution < 1.29 is 14.3 Å². The van der Waals surface area contributed by atoms with Crippen molar-refractivity contribution in [1.29, 1.82) is 0 Å². The molecule has 16 heavy (non-hydrogen) atoms. The summed E-state index contributed by atoms with van der Waals surface area (Å²) < 4.78 is 10.3. The number of benzene rings is 1. The Morgan fingerprint density at radius 1 is 1.50 bits per heavy atom. The molecule has 3 nitrogen and oxygen atoms in total. The molecule has 1 saturated heterocycles. The molecule has 0 aliphatic carbocycles. The molecular formula is C13H16O3. The standard InChI is InChI=1S/C13H16O3/c1-15-13(14)9-10-5-2-3-6-11(10)12-7-4-8-16-12/h2-3,5-6,12H,4,7-9H2,1H3. The average molecular weight is 220 g/mol. The predicted octanol–water partition coefficient (Wildman–Crippen LogP) is 2.25. The van der Waals surface area contributed by atoms with Crippen LogP contribution < -0.4 is 0 Å². The summed E-state index contributed by atoms with van der Waals surface area (Å²) >= 11 is 0. The maximum absolute atomic E-state index is 11.3. The average Bonchev–Trinajstić information content (AvgIpc) is 2.83. The van der Waals surface area contributed by atoms with Crippen LogP contribution in [0, 0.1) is 0 Å². The van der Waals surface area contributed by atoms with Crippen molar-refractivity contribution in [2.24, 2.45) is 0 Å². The van der Waals surface area contributed by atoms with Gasteiger partial charge >= 0.3 is 5.97 Å². The van der Waals surface area contributed by atoms with E-state index in [0.29, 0.717) is 6.42 Å². The summed E-state index contributed by atoms with van der Waals surface area (Å²) in [5.41, 5.74) is 2.15. The minimum Gasteiger partial charge on any atom is -0.469 e. The van der Waals surface area contributed by atoms with Gasteiger partial charge in [0.15, 0.2) is 0 Å². The minimum atomic E-state index is -0.203. The maximum Gasteiger partial charge on any atom is 0.309 e. The van der Waals surface area contributed by atoms with Gasteiger partial charge in [-0.25, -0.2) is 0 Å². The number of hydrogen-bond donors (Lipinski definition) is 0. The quantitative estimate of drug-likeness (QED) is 0.733. The lowest BCUT2D eigenvalue weighted by Crippen LogP contribution is -2.08. The highest BCUT2D eigenvalue weighted by molar-refractivity contribution is 5.72. The monoisotopic (exact) mass is 220 g/mol. The topological polar surface area (TPSA) is 35.5 Å². The third-order valence-corrected chi connectivity index (χ3v) is 2.89. The van der Waals surface area contributed by atoms with E-state index in [0.717, 1.165) is 30.6 Å². The van der Waals surface area contributed by atoms with E-state index < -0.39 is 0 Å². The van der Waals surface area contributed by atoms with Gasteiger partial charge in [-0.15, -0.1) is 0 Å². The number of ether oxygens (including phenoxy) is 2. The van der Waals surface area contributed by atoms with E-state index in [4.69, 9.17) is 9.47 Å². The first-order valence-electron chi connectivity index (χ1n) is 5.57. The minimum absolute atomic E-state index is 0.154. The largest absolute Gasteiger partial charge is 0.469 e. The highest BCUT2D eigenvalue weighted by Crippen LogP contribution is 2.30. The van der Waals surface area contributed by atoms with Gasteiger partial charge in [0.25, 0.3) is 0 Å². The fourth-order valence-corrected chi connectivity index (χ4v) is 2.06. The lowest BCUT2D eigenvalue weighted by molar-refractivity contribution is -0.139. The van der Waals surface area contributed by atoms with Gasteiger partial charge in [-0.1, -0.05) is 24.3 Å². The van der Waals surface area contributed by atoms with Crippen LogP contribution >= 0.6 is 0 Å². The van der Waals surface area contributed by atoms with Crippen LogP contribution in [-0.4, -0.2) is 19.7 Å². The Kier molecular flexibility index (Phi) is 3.57. The lowest BCUT2D eigenvalue weighted by atomic mass is 9.98. The molecule has 86 valence electrons. The summed E-state index contributed by atoms with van der Waals surface area (Å²) in [6.07, 6.45) is 2.61. The van der Waals surface area contributed by atoms with Crippen LogP contribution in [0.1, 0.15) is 30.1 Å². The molecule has 2 rings (SSSR count). The Morgan fingerprint density at radius 3 is 3.00 bits per heavy atom. The smallest absolute Gasteiger partial charge is 0.309 e. The zero-order chi connectivity index (χ0) is 11.4. The first-order valence-corrected chi connectivity index (χ1v) is 5.57. The Hall–Kier alpha value is -1.35. The molecule has 1 aromatic carbocycles. The first-order chi connectivity index (χ1) is 7.81. The van der Waals surface area contributed by atoms with Crippen molar-refractivity contribution in [2.75, 3.05) is 13.7 Å². The molecule has 3 heteroatoms. The molecule has 0 bridgehead atoms. The third kappa shape index (κ3) is 2.42. The molecule has 0 spiro atoms. The van der Waals surface area contributed by atoms with Crippen molar-refractivity contribution >= 4 is 5.97 Å². The van der Waals surface area contributed by atoms with Gasteiger partial charge in [-0.3, -0.25) is 4.79 Å². The number of methoxy groups -OCH3 is 1. The van der Waals surface area contributed by atoms with E-state index in [1.165, 1.54) is 7.11 Å². The van der Waals surface area contributed by atoms with E-state index in [1.807, 2.05) is 24.3 Å². The normalized spacial score (nSPS) is 19.7. The molecule has 0 radical (unpaired) electrons. The highest BCUT2D eigenvalue weighted by Gasteiger charge is 2.21. The molecular weight excluding hydrogens is 204 g/mol. The molecule has 0 aromatic heterocycles. The molecule has 1 unspecified atom stereocenters. The lowest BCUT2D eigenvalue weighted by Gasteiger charge is -2.14. The molecule has 1 atom stereocenters. The Balaban J connectivity index is 2.19. The Morgan fingerprint density at radius 2 is 2.31 bits per heavy atom. The van der Waals surface area contributed by atoms with Crippen LogP contribution in [0.4, 0.5) is 0 Å². The van der Waals surface area contributed by atoms with Crippen molar-refractivity contribution in [3.8, 4) is 0 Å². The second kappa shape index (κ2) is 5.12. The van der Waals surface area contributed by atoms with Crippen molar-refractivity contribution in [3.63, 3.8) is 0 Å². The van der Waals surface area contributed by atoms with Gasteiger partial charge in [0.05, 0.1) is 19.6 Å². The summed E-state index contributed by atoms with van der Waals surface area (Å²) in [7, 11) is 1.41. The molecule has 1 aliphatic heterocycles. The SMILES string of the molecule is COC(=O)Cc1ccccc1C1CCCO1. The number of carbonyl (C=O) groups is 1. The number of esters is 1. The molecule has 1 aliphatic rings. The molecule has 1 fully saturated rings. The predicted molar refractivity (Wildman–Crippen MR) is 60.1 cm³/mol. The number of rotatable bonds is 3. The van der Waals surface area contributed by atoms with E-state index in [1.54, 1.807) is 0 Å². The van der Waals surface area contributed by atoms with Crippen molar-refractivity contribution in [2.45, 2.75) is 25.4 Å². The van der Waals surface area contributed by atoms with E-state index in [9.17, 15) is 4.79 Å². The fraction of sp³-hybridized carbons (Fsp3) is 0.462. The molecule has 0 N–H and O–H groups in total. The Bertz CT molecular complexity index is 367. The van der Waals surface area contributed by atoms with Crippen LogP contribution in [0.3, 0.4) is 0 Å². The van der Waals surface area contributed by atoms with Gasteiger partial charge in [-0.2, -0.15) is 0 Å². The summed E-state index contributed by atoms with van der Waals surface area (Å²) in [4.78, 5) is 11.3. The van der Waals surface area contributed by atoms with E-state index in [-0.39, 0.29) is 12.1 Å². The molecule has 0 saturated carbocycles. The van der Waals surface area contributed by atoms with Crippen LogP contribution in [-0.2, 0) is 20.7 Å². The van der Waals surface area contributed by atoms with Crippen molar-refractivity contribution in [3.05, 3.63) is 35.4 Å². The van der Waals surface area contributed by atoms with Crippen LogP contribution in [0.5, 0.6) is 0 Å². The van der Waals surface area contributed by atoms with Crippen molar-refractivity contribution in [1.82, 2.24) is 0 Å². The van der Waals surface area contributed by atoms with Gasteiger partial charge in [0, 0.05) is 6.61 Å². The summed E-state index contributed by atoms with van der Waals surface area (Å²) in [5, 5.41) is 0. The number of hydrogen-bond acceptors (Lipinski definition) is 3. The molecule has 1 heterocycles. The zero-order valence-corrected chi connectivity index (χ0v) is 9.44. The van der Waals surface area contributed by atoms with Gasteiger partial charge in [0.2, 0.25) is 0 Å². The number of carbonyl (C=O) groups excluding carboxylic acids is 1. The second-order valence-electron chi connectivity index (χ2n) is 3.95. The second-order valence-corrected chi connectivity index (χ2v) is 3.95. The molecule has 0 amide bonds. The van der Waals surface area contributed by atoms with E-state index in [2.05, 4.69) is 0 Å². The van der Waals surface area contributed by atoms with Crippen LogP contribution in [0.15, 0.2) is 24.3 Å². The Labute approximate surface area is 95.4 Å². The van der Waals surface area contributed by atoms with Crippen LogP contribution in [0.25, 0.3) is 0 Å². The summed E-state index contributed by atoms with van der Waals surface area (Å²) in [5.74, 6) is -0.203. The summed E-state index contributed by atoms with van der Waals surface area (Å²) in [6.45, 7) is 0.817. The van der Waals surface area contributed by atoms with Gasteiger partial charge < -0.3 is 9.47 Å². The van der Waals surface area contributed by atoms with Crippen LogP contribution in [0.2, 0.25) is 0 Å². The first kappa shape index (κ1) is 11.1. The third-order valence-electron chi connectivity index (χ3n) is 2.89. The highest BCUT2D eigenvalue weighted by atomic mass is 16.5. The maximum atomic E-state index is 11.3. The van der Waals surface area contributed by atoms with Gasteiger partial charge in [-0.05, 0) is 24.0 Å². The summed E-state index contributed by atoms with van der Waals surface area (Å²) in [6, 6.07) is 7.93. The molecule has 1 aromatic rings. The zero-order valence-electron chi connectivity index (χ0n) is 9.44. The fourth-order valence-electron chi connectivity index (χ4n) is 2.06. The van der Waals surface area contributed by atoms with Gasteiger partial charge in [0.1, 0.15) is 0 Å². The van der Waals surface area contributed by atoms with E-state index >= 15 is 0 Å².